The molecule has 0 aromatic carbocycles. The van der Waals surface area contributed by atoms with Crippen LogP contribution in [0.4, 0.5) is 0 Å². The highest BCUT2D eigenvalue weighted by atomic mass is 17.3. The van der Waals surface area contributed by atoms with Gasteiger partial charge in [0.05, 0.1) is 18.5 Å². The third-order valence-electron chi connectivity index (χ3n) is 1.33. The summed E-state index contributed by atoms with van der Waals surface area (Å²) in [5, 5.41) is 8.71. The summed E-state index contributed by atoms with van der Waals surface area (Å²) in [7, 11) is 1.67. The van der Waals surface area contributed by atoms with Gasteiger partial charge in [-0.05, 0) is 0 Å². The van der Waals surface area contributed by atoms with E-state index in [-0.39, 0.29) is 12.6 Å². The minimum atomic E-state index is -0.0998. The van der Waals surface area contributed by atoms with E-state index in [1.165, 1.54) is 10.8 Å². The molecule has 0 atom stereocenters. The molecule has 0 bridgehead atoms. The second-order valence-corrected chi connectivity index (χ2v) is 1.93. The maximum atomic E-state index is 8.71. The van der Waals surface area contributed by atoms with Crippen molar-refractivity contribution in [1.29, 1.82) is 0 Å². The lowest BCUT2D eigenvalue weighted by molar-refractivity contribution is -0.219. The molecule has 1 heterocycles. The maximum Gasteiger partial charge on any atom is 0.336 e. The van der Waals surface area contributed by atoms with Crippen molar-refractivity contribution in [2.24, 2.45) is 12.9 Å². The van der Waals surface area contributed by atoms with Crippen molar-refractivity contribution in [3.63, 3.8) is 0 Å². The minimum Gasteiger partial charge on any atom is -0.390 e. The fourth-order valence-corrected chi connectivity index (χ4v) is 0.693. The second kappa shape index (κ2) is 3.33. The van der Waals surface area contributed by atoms with Crippen molar-refractivity contribution < 1.29 is 15.0 Å². The van der Waals surface area contributed by atoms with E-state index in [2.05, 4.69) is 20.8 Å². The Morgan fingerprint density at radius 3 is 3.00 bits per heavy atom. The van der Waals surface area contributed by atoms with Crippen LogP contribution in [0.2, 0.25) is 0 Å². The number of aromatic nitrogens is 2. The van der Waals surface area contributed by atoms with E-state index in [1.807, 2.05) is 0 Å². The van der Waals surface area contributed by atoms with Crippen LogP contribution in [0.1, 0.15) is 5.69 Å². The lowest BCUT2D eigenvalue weighted by Gasteiger charge is -2.00. The van der Waals surface area contributed by atoms with Crippen molar-refractivity contribution in [1.82, 2.24) is 9.55 Å². The maximum absolute atomic E-state index is 8.71. The molecule has 1 aromatic heterocycles. The SMILES string of the molecule is Cn1c(CO)cnc1OON. The van der Waals surface area contributed by atoms with Gasteiger partial charge in [-0.1, -0.05) is 4.99 Å². The Bertz CT molecular complexity index is 235. The molecule has 0 fully saturated rings. The van der Waals surface area contributed by atoms with E-state index in [9.17, 15) is 0 Å². The smallest absolute Gasteiger partial charge is 0.336 e. The summed E-state index contributed by atoms with van der Waals surface area (Å²) in [4.78, 5) is 12.1. The average molecular weight is 159 g/mol. The minimum absolute atomic E-state index is 0.0998. The molecule has 0 unspecified atom stereocenters. The van der Waals surface area contributed by atoms with Gasteiger partial charge in [-0.3, -0.25) is 9.45 Å². The van der Waals surface area contributed by atoms with Crippen molar-refractivity contribution >= 4 is 0 Å². The third-order valence-corrected chi connectivity index (χ3v) is 1.33. The van der Waals surface area contributed by atoms with Gasteiger partial charge in [-0.15, -0.1) is 0 Å². The molecule has 0 amide bonds. The van der Waals surface area contributed by atoms with Crippen molar-refractivity contribution in [3.05, 3.63) is 11.9 Å². The van der Waals surface area contributed by atoms with E-state index < -0.39 is 0 Å². The molecule has 62 valence electrons. The molecule has 0 saturated heterocycles. The zero-order valence-electron chi connectivity index (χ0n) is 6.02. The Morgan fingerprint density at radius 2 is 2.55 bits per heavy atom. The normalized spacial score (nSPS) is 10.1. The molecule has 0 aliphatic carbocycles. The number of aliphatic hydroxyl groups is 1. The third kappa shape index (κ3) is 1.48. The Balaban J connectivity index is 2.82. The molecule has 0 saturated carbocycles. The summed E-state index contributed by atoms with van der Waals surface area (Å²) in [5.74, 6) is 4.64. The lowest BCUT2D eigenvalue weighted by Crippen LogP contribution is -2.07. The summed E-state index contributed by atoms with van der Waals surface area (Å²) < 4.78 is 1.52. The van der Waals surface area contributed by atoms with Gasteiger partial charge in [0.2, 0.25) is 0 Å². The van der Waals surface area contributed by atoms with Crippen LogP contribution in [0, 0.1) is 0 Å². The number of aliphatic hydroxyl groups excluding tert-OH is 1. The van der Waals surface area contributed by atoms with E-state index >= 15 is 0 Å². The van der Waals surface area contributed by atoms with Crippen LogP contribution < -0.4 is 10.8 Å². The van der Waals surface area contributed by atoms with Crippen molar-refractivity contribution in [3.8, 4) is 6.01 Å². The number of imidazole rings is 1. The molecule has 6 heteroatoms. The molecule has 1 aromatic rings. The van der Waals surface area contributed by atoms with Gasteiger partial charge < -0.3 is 5.11 Å². The predicted octanol–water partition coefficient (Wildman–Crippen LogP) is -0.904. The molecule has 0 aliphatic rings. The van der Waals surface area contributed by atoms with Gasteiger partial charge in [0.25, 0.3) is 0 Å². The molecular weight excluding hydrogens is 150 g/mol. The first-order chi connectivity index (χ1) is 5.29. The molecule has 11 heavy (non-hydrogen) atoms. The van der Waals surface area contributed by atoms with Crippen LogP contribution >= 0.6 is 0 Å². The number of hydrogen-bond acceptors (Lipinski definition) is 5. The van der Waals surface area contributed by atoms with Gasteiger partial charge in [-0.25, -0.2) is 4.98 Å². The Labute approximate surface area is 63.0 Å². The molecule has 0 aliphatic heterocycles. The first-order valence-corrected chi connectivity index (χ1v) is 2.94. The second-order valence-electron chi connectivity index (χ2n) is 1.93. The highest BCUT2D eigenvalue weighted by molar-refractivity contribution is 5.06. The van der Waals surface area contributed by atoms with Crippen molar-refractivity contribution in [2.75, 3.05) is 0 Å². The quantitative estimate of drug-likeness (QED) is 0.441. The van der Waals surface area contributed by atoms with Crippen LogP contribution in [0.3, 0.4) is 0 Å². The largest absolute Gasteiger partial charge is 0.390 e. The molecule has 0 spiro atoms. The van der Waals surface area contributed by atoms with Gasteiger partial charge in [0.1, 0.15) is 0 Å². The summed E-state index contributed by atoms with van der Waals surface area (Å²) in [6.07, 6.45) is 1.47. The van der Waals surface area contributed by atoms with Gasteiger partial charge in [0.15, 0.2) is 0 Å². The van der Waals surface area contributed by atoms with Crippen LogP contribution in [0.25, 0.3) is 0 Å². The number of nitrogens with two attached hydrogens (primary N) is 1. The molecular formula is C5H9N3O3. The molecule has 6 nitrogen and oxygen atoms in total. The summed E-state index contributed by atoms with van der Waals surface area (Å²) in [6, 6.07) is 0.205. The van der Waals surface area contributed by atoms with Crippen LogP contribution in [0.15, 0.2) is 6.20 Å². The Morgan fingerprint density at radius 1 is 1.82 bits per heavy atom. The van der Waals surface area contributed by atoms with Crippen LogP contribution in [-0.2, 0) is 18.6 Å². The highest BCUT2D eigenvalue weighted by Crippen LogP contribution is 2.09. The first-order valence-electron chi connectivity index (χ1n) is 2.94. The van der Waals surface area contributed by atoms with E-state index in [0.717, 1.165) is 0 Å². The van der Waals surface area contributed by atoms with Gasteiger partial charge in [0, 0.05) is 7.05 Å². The standard InChI is InChI=1S/C5H9N3O3/c1-8-4(3-9)2-7-5(8)10-11-6/h2,9H,3,6H2,1H3. The highest BCUT2D eigenvalue weighted by Gasteiger charge is 2.05. The van der Waals surface area contributed by atoms with E-state index in [0.29, 0.717) is 5.69 Å². The number of nitrogens with zero attached hydrogens (tertiary/aromatic N) is 2. The van der Waals surface area contributed by atoms with E-state index in [1.54, 1.807) is 7.05 Å². The Hall–Kier alpha value is -1.11. The summed E-state index contributed by atoms with van der Waals surface area (Å²) in [5.41, 5.74) is 0.622. The Kier molecular flexibility index (Phi) is 2.42. The molecule has 0 radical (unpaired) electrons. The zero-order valence-corrected chi connectivity index (χ0v) is 6.02. The fraction of sp³-hybridized carbons (Fsp3) is 0.400. The first kappa shape index (κ1) is 7.99. The van der Waals surface area contributed by atoms with Crippen molar-refractivity contribution in [2.45, 2.75) is 6.61 Å². The fourth-order valence-electron chi connectivity index (χ4n) is 0.693. The number of rotatable bonds is 3. The average Bonchev–Trinajstić information content (AvgIpc) is 2.34. The molecule has 1 rings (SSSR count). The van der Waals surface area contributed by atoms with Crippen LogP contribution in [0.5, 0.6) is 6.01 Å². The van der Waals surface area contributed by atoms with Crippen LogP contribution in [-0.4, -0.2) is 14.7 Å². The van der Waals surface area contributed by atoms with E-state index in [4.69, 9.17) is 5.11 Å². The predicted molar refractivity (Wildman–Crippen MR) is 35.0 cm³/mol. The number of hydrogen-bond donors (Lipinski definition) is 2. The zero-order chi connectivity index (χ0) is 8.27. The topological polar surface area (TPSA) is 82.5 Å². The summed E-state index contributed by atoms with van der Waals surface area (Å²) >= 11 is 0. The monoisotopic (exact) mass is 159 g/mol. The summed E-state index contributed by atoms with van der Waals surface area (Å²) in [6.45, 7) is -0.0998. The lowest BCUT2D eigenvalue weighted by atomic mass is 10.5. The van der Waals surface area contributed by atoms with Gasteiger partial charge in [-0.2, -0.15) is 5.90 Å². The molecule has 3 N–H and O–H groups in total. The van der Waals surface area contributed by atoms with Gasteiger partial charge >= 0.3 is 6.01 Å².